The molecule has 5 nitrogen and oxygen atoms in total. The summed E-state index contributed by atoms with van der Waals surface area (Å²) in [5, 5.41) is 9.17. The molecule has 1 aromatic carbocycles. The molecule has 3 N–H and O–H groups in total. The molecule has 1 heterocycles. The Labute approximate surface area is 116 Å². The van der Waals surface area contributed by atoms with Crippen LogP contribution in [0.4, 0.5) is 4.39 Å². The number of nitrogens with two attached hydrogens (primary N) is 1. The van der Waals surface area contributed by atoms with Crippen LogP contribution in [-0.4, -0.2) is 34.4 Å². The fraction of sp³-hybridized carbons (Fsp3) is 0.429. The Balaban J connectivity index is 2.24. The topological polar surface area (TPSA) is 83.6 Å². The van der Waals surface area contributed by atoms with E-state index >= 15 is 0 Å². The van der Waals surface area contributed by atoms with Crippen LogP contribution in [0.2, 0.25) is 0 Å². The normalized spacial score (nSPS) is 22.6. The fourth-order valence-electron chi connectivity index (χ4n) is 2.45. The lowest BCUT2D eigenvalue weighted by Gasteiger charge is -2.37. The zero-order chi connectivity index (χ0) is 14.9. The second-order valence-corrected chi connectivity index (χ2v) is 5.15. The van der Waals surface area contributed by atoms with E-state index in [0.29, 0.717) is 12.8 Å². The molecule has 6 heteroatoms. The third-order valence-corrected chi connectivity index (χ3v) is 3.73. The van der Waals surface area contributed by atoms with Crippen LogP contribution in [0, 0.1) is 11.7 Å². The molecule has 1 fully saturated rings. The smallest absolute Gasteiger partial charge is 0.257 e. The lowest BCUT2D eigenvalue weighted by atomic mass is 9.92. The summed E-state index contributed by atoms with van der Waals surface area (Å²) < 4.78 is 13.7. The molecule has 1 aromatic rings. The molecule has 2 atom stereocenters. The number of piperidine rings is 1. The van der Waals surface area contributed by atoms with E-state index in [4.69, 9.17) is 5.73 Å². The number of hydrogen-bond donors (Lipinski definition) is 2. The van der Waals surface area contributed by atoms with Crippen molar-refractivity contribution in [1.29, 1.82) is 0 Å². The minimum Gasteiger partial charge on any atom is -0.508 e. The molecule has 1 aliphatic rings. The van der Waals surface area contributed by atoms with E-state index in [1.165, 1.54) is 17.0 Å². The lowest BCUT2D eigenvalue weighted by Crippen LogP contribution is -2.48. The summed E-state index contributed by atoms with van der Waals surface area (Å²) in [6.45, 7) is 2.06. The van der Waals surface area contributed by atoms with Gasteiger partial charge in [-0.25, -0.2) is 4.39 Å². The van der Waals surface area contributed by atoms with Crippen molar-refractivity contribution in [3.05, 3.63) is 29.6 Å². The van der Waals surface area contributed by atoms with Crippen LogP contribution in [0.25, 0.3) is 0 Å². The molecule has 0 bridgehead atoms. The number of hydrogen-bond acceptors (Lipinski definition) is 3. The number of primary amides is 1. The van der Waals surface area contributed by atoms with Crippen LogP contribution in [0.15, 0.2) is 18.2 Å². The highest BCUT2D eigenvalue weighted by molar-refractivity contribution is 5.95. The molecule has 0 saturated carbocycles. The Hall–Kier alpha value is -2.11. The minimum absolute atomic E-state index is 0.0775. The zero-order valence-corrected chi connectivity index (χ0v) is 11.2. The van der Waals surface area contributed by atoms with Crippen LogP contribution in [0.3, 0.4) is 0 Å². The maximum atomic E-state index is 13.7. The predicted molar refractivity (Wildman–Crippen MR) is 70.5 cm³/mol. The predicted octanol–water partition coefficient (Wildman–Crippen LogP) is 1.26. The van der Waals surface area contributed by atoms with Gasteiger partial charge in [-0.3, -0.25) is 9.59 Å². The van der Waals surface area contributed by atoms with Gasteiger partial charge >= 0.3 is 0 Å². The molecule has 20 heavy (non-hydrogen) atoms. The van der Waals surface area contributed by atoms with Crippen molar-refractivity contribution >= 4 is 11.8 Å². The van der Waals surface area contributed by atoms with Crippen LogP contribution >= 0.6 is 0 Å². The van der Waals surface area contributed by atoms with Gasteiger partial charge in [0, 0.05) is 18.7 Å². The molecule has 0 aromatic heterocycles. The zero-order valence-electron chi connectivity index (χ0n) is 11.2. The number of aromatic hydroxyl groups is 1. The number of nitrogens with zero attached hydrogens (tertiary/aromatic N) is 1. The summed E-state index contributed by atoms with van der Waals surface area (Å²) in [5.41, 5.74) is 5.17. The molecule has 0 aliphatic carbocycles. The lowest BCUT2D eigenvalue weighted by molar-refractivity contribution is -0.123. The Morgan fingerprint density at radius 2 is 2.10 bits per heavy atom. The molecule has 0 radical (unpaired) electrons. The third-order valence-electron chi connectivity index (χ3n) is 3.73. The molecule has 2 amide bonds. The first-order valence-electron chi connectivity index (χ1n) is 6.49. The van der Waals surface area contributed by atoms with Gasteiger partial charge in [0.1, 0.15) is 11.6 Å². The van der Waals surface area contributed by atoms with Gasteiger partial charge in [-0.05, 0) is 31.9 Å². The molecule has 1 aliphatic heterocycles. The second-order valence-electron chi connectivity index (χ2n) is 5.15. The molecule has 2 rings (SSSR count). The van der Waals surface area contributed by atoms with E-state index in [0.717, 1.165) is 6.07 Å². The van der Waals surface area contributed by atoms with Crippen LogP contribution in [0.5, 0.6) is 5.75 Å². The number of carbonyl (C=O) groups excluding carboxylic acids is 2. The van der Waals surface area contributed by atoms with Gasteiger partial charge in [0.2, 0.25) is 5.91 Å². The number of rotatable bonds is 2. The van der Waals surface area contributed by atoms with E-state index in [9.17, 15) is 19.1 Å². The van der Waals surface area contributed by atoms with Crippen molar-refractivity contribution in [3.63, 3.8) is 0 Å². The summed E-state index contributed by atoms with van der Waals surface area (Å²) in [6.07, 6.45) is 1.29. The number of benzene rings is 1. The number of halogens is 1. The summed E-state index contributed by atoms with van der Waals surface area (Å²) in [6, 6.07) is 3.32. The van der Waals surface area contributed by atoms with E-state index in [-0.39, 0.29) is 23.9 Å². The van der Waals surface area contributed by atoms with Crippen LogP contribution in [-0.2, 0) is 4.79 Å². The molecule has 0 spiro atoms. The quantitative estimate of drug-likeness (QED) is 0.855. The number of amides is 2. The van der Waals surface area contributed by atoms with Crippen molar-refractivity contribution in [2.75, 3.05) is 6.54 Å². The SMILES string of the molecule is CC1CCC(C(N)=O)CN1C(=O)c1ccc(O)cc1F. The maximum Gasteiger partial charge on any atom is 0.257 e. The average Bonchev–Trinajstić information content (AvgIpc) is 2.38. The third kappa shape index (κ3) is 2.74. The van der Waals surface area contributed by atoms with Gasteiger partial charge in [0.25, 0.3) is 5.91 Å². The molecular weight excluding hydrogens is 263 g/mol. The second kappa shape index (κ2) is 5.48. The fourth-order valence-corrected chi connectivity index (χ4v) is 2.45. The number of phenols is 1. The monoisotopic (exact) mass is 280 g/mol. The van der Waals surface area contributed by atoms with E-state index < -0.39 is 23.5 Å². The number of likely N-dealkylation sites (tertiary alicyclic amines) is 1. The first-order chi connectivity index (χ1) is 9.40. The summed E-state index contributed by atoms with van der Waals surface area (Å²) in [7, 11) is 0. The highest BCUT2D eigenvalue weighted by atomic mass is 19.1. The number of carbonyl (C=O) groups is 2. The first kappa shape index (κ1) is 14.3. The van der Waals surface area contributed by atoms with E-state index in [1.807, 2.05) is 6.92 Å². The molecule has 2 unspecified atom stereocenters. The van der Waals surface area contributed by atoms with Gasteiger partial charge in [-0.15, -0.1) is 0 Å². The highest BCUT2D eigenvalue weighted by Gasteiger charge is 2.32. The Bertz CT molecular complexity index is 547. The number of phenolic OH excluding ortho intramolecular Hbond substituents is 1. The van der Waals surface area contributed by atoms with E-state index in [1.54, 1.807) is 0 Å². The minimum atomic E-state index is -0.775. The Kier molecular flexibility index (Phi) is 3.92. The van der Waals surface area contributed by atoms with Gasteiger partial charge in [0.15, 0.2) is 0 Å². The Morgan fingerprint density at radius 3 is 2.70 bits per heavy atom. The van der Waals surface area contributed by atoms with Gasteiger partial charge in [0.05, 0.1) is 11.5 Å². The van der Waals surface area contributed by atoms with Crippen molar-refractivity contribution in [2.45, 2.75) is 25.8 Å². The highest BCUT2D eigenvalue weighted by Crippen LogP contribution is 2.25. The summed E-state index contributed by atoms with van der Waals surface area (Å²) >= 11 is 0. The van der Waals surface area contributed by atoms with E-state index in [2.05, 4.69) is 0 Å². The van der Waals surface area contributed by atoms with Crippen molar-refractivity contribution in [1.82, 2.24) is 4.90 Å². The van der Waals surface area contributed by atoms with Crippen LogP contribution < -0.4 is 5.73 Å². The first-order valence-corrected chi connectivity index (χ1v) is 6.49. The van der Waals surface area contributed by atoms with Gasteiger partial charge in [-0.2, -0.15) is 0 Å². The van der Waals surface area contributed by atoms with Crippen molar-refractivity contribution < 1.29 is 19.1 Å². The van der Waals surface area contributed by atoms with Crippen LogP contribution in [0.1, 0.15) is 30.1 Å². The average molecular weight is 280 g/mol. The van der Waals surface area contributed by atoms with Crippen molar-refractivity contribution in [3.8, 4) is 5.75 Å². The largest absolute Gasteiger partial charge is 0.508 e. The Morgan fingerprint density at radius 1 is 1.40 bits per heavy atom. The summed E-state index contributed by atoms with van der Waals surface area (Å²) in [5.74, 6) is -2.33. The van der Waals surface area contributed by atoms with Crippen molar-refractivity contribution in [2.24, 2.45) is 11.7 Å². The van der Waals surface area contributed by atoms with Gasteiger partial charge < -0.3 is 15.7 Å². The maximum absolute atomic E-state index is 13.7. The molecule has 1 saturated heterocycles. The standard InChI is InChI=1S/C14H17FN2O3/c1-8-2-3-9(13(16)19)7-17(8)14(20)11-5-4-10(18)6-12(11)15/h4-6,8-9,18H,2-3,7H2,1H3,(H2,16,19). The molecular formula is C14H17FN2O3. The van der Waals surface area contributed by atoms with Gasteiger partial charge in [-0.1, -0.05) is 0 Å². The molecule has 108 valence electrons. The summed E-state index contributed by atoms with van der Waals surface area (Å²) in [4.78, 5) is 25.1.